The van der Waals surface area contributed by atoms with Gasteiger partial charge in [0.1, 0.15) is 6.79 Å². The van der Waals surface area contributed by atoms with Gasteiger partial charge in [0.05, 0.1) is 25.9 Å². The Bertz CT molecular complexity index is 809. The Morgan fingerprint density at radius 2 is 1.91 bits per heavy atom. The molecule has 8 atom stereocenters. The molecule has 8 unspecified atom stereocenters. The Morgan fingerprint density at radius 3 is 2.69 bits per heavy atom. The molecule has 0 aromatic carbocycles. The Morgan fingerprint density at radius 1 is 1.06 bits per heavy atom. The molecule has 0 radical (unpaired) electrons. The lowest BCUT2D eigenvalue weighted by Crippen LogP contribution is -2.61. The number of carbonyl (C=O) groups is 1. The zero-order chi connectivity index (χ0) is 22.2. The minimum absolute atomic E-state index is 0.0760. The third kappa shape index (κ3) is 2.63. The van der Waals surface area contributed by atoms with Crippen LogP contribution in [0.3, 0.4) is 0 Å². The molecule has 5 fully saturated rings. The lowest BCUT2D eigenvalue weighted by molar-refractivity contribution is -0.202. The summed E-state index contributed by atoms with van der Waals surface area (Å²) in [6.07, 6.45) is 10.8. The fraction of sp³-hybridized carbons (Fsp3) is 0.889. The Hall–Kier alpha value is -0.750. The standard InChI is InChI=1S/C27H40O5/c1-24-8-6-19(28)12-18(24)4-5-20-21-7-9-27(16-31-15-26(27)10-11-30-14-26)25(21,2)13-22(23(20)24)32-17-29-3/h12,20-23H,4-11,13-17H2,1-3H3. The Balaban J connectivity index is 1.42. The maximum absolute atomic E-state index is 12.3. The second kappa shape index (κ2) is 7.37. The van der Waals surface area contributed by atoms with Crippen LogP contribution in [0.4, 0.5) is 0 Å². The molecule has 3 saturated carbocycles. The number of ether oxygens (including phenoxy) is 4. The average molecular weight is 445 g/mol. The van der Waals surface area contributed by atoms with Crippen molar-refractivity contribution in [3.05, 3.63) is 11.6 Å². The largest absolute Gasteiger partial charge is 0.381 e. The minimum atomic E-state index is 0.0760. The van der Waals surface area contributed by atoms with Crippen LogP contribution in [0.5, 0.6) is 0 Å². The summed E-state index contributed by atoms with van der Waals surface area (Å²) in [4.78, 5) is 12.3. The fourth-order valence-corrected chi connectivity index (χ4v) is 10.0. The highest BCUT2D eigenvalue weighted by Crippen LogP contribution is 2.75. The van der Waals surface area contributed by atoms with E-state index in [1.54, 1.807) is 7.11 Å². The van der Waals surface area contributed by atoms with E-state index < -0.39 is 0 Å². The van der Waals surface area contributed by atoms with Crippen molar-refractivity contribution < 1.29 is 23.7 Å². The predicted molar refractivity (Wildman–Crippen MR) is 120 cm³/mol. The highest BCUT2D eigenvalue weighted by molar-refractivity contribution is 5.91. The van der Waals surface area contributed by atoms with E-state index in [-0.39, 0.29) is 27.8 Å². The highest BCUT2D eigenvalue weighted by Gasteiger charge is 2.73. The summed E-state index contributed by atoms with van der Waals surface area (Å²) in [5.41, 5.74) is 2.03. The molecule has 2 heterocycles. The van der Waals surface area contributed by atoms with Crippen LogP contribution in [-0.4, -0.2) is 52.2 Å². The van der Waals surface area contributed by atoms with Gasteiger partial charge >= 0.3 is 0 Å². The molecule has 32 heavy (non-hydrogen) atoms. The molecule has 2 aliphatic heterocycles. The lowest BCUT2D eigenvalue weighted by Gasteiger charge is -2.63. The van der Waals surface area contributed by atoms with Crippen molar-refractivity contribution in [2.24, 2.45) is 39.4 Å². The van der Waals surface area contributed by atoms with E-state index in [2.05, 4.69) is 13.8 Å². The monoisotopic (exact) mass is 444 g/mol. The van der Waals surface area contributed by atoms with Gasteiger partial charge in [-0.2, -0.15) is 0 Å². The summed E-state index contributed by atoms with van der Waals surface area (Å²) in [6, 6.07) is 0. The van der Waals surface area contributed by atoms with Gasteiger partial charge in [0.2, 0.25) is 0 Å². The average Bonchev–Trinajstić information content (AvgIpc) is 3.47. The van der Waals surface area contributed by atoms with Gasteiger partial charge in [-0.3, -0.25) is 4.79 Å². The molecule has 2 spiro atoms. The quantitative estimate of drug-likeness (QED) is 0.598. The molecule has 178 valence electrons. The van der Waals surface area contributed by atoms with Crippen LogP contribution in [0.15, 0.2) is 11.6 Å². The van der Waals surface area contributed by atoms with Gasteiger partial charge in [0.25, 0.3) is 0 Å². The Labute approximate surface area is 192 Å². The van der Waals surface area contributed by atoms with Gasteiger partial charge in [-0.25, -0.2) is 0 Å². The van der Waals surface area contributed by atoms with E-state index in [0.717, 1.165) is 52.1 Å². The number of hydrogen-bond donors (Lipinski definition) is 0. The molecule has 0 aromatic heterocycles. The molecule has 0 aromatic rings. The number of allylic oxidation sites excluding steroid dienone is 1. The van der Waals surface area contributed by atoms with Gasteiger partial charge in [0.15, 0.2) is 5.78 Å². The van der Waals surface area contributed by atoms with E-state index in [1.165, 1.54) is 24.8 Å². The topological polar surface area (TPSA) is 54.0 Å². The van der Waals surface area contributed by atoms with Crippen LogP contribution in [0, 0.1) is 39.4 Å². The van der Waals surface area contributed by atoms with Crippen molar-refractivity contribution in [3.63, 3.8) is 0 Å². The van der Waals surface area contributed by atoms with Crippen LogP contribution >= 0.6 is 0 Å². The van der Waals surface area contributed by atoms with Crippen molar-refractivity contribution in [3.8, 4) is 0 Å². The first-order valence-electron chi connectivity index (χ1n) is 12.9. The molecule has 5 heteroatoms. The van der Waals surface area contributed by atoms with Crippen LogP contribution in [0.25, 0.3) is 0 Å². The first-order valence-corrected chi connectivity index (χ1v) is 12.9. The molecule has 2 saturated heterocycles. The summed E-state index contributed by atoms with van der Waals surface area (Å²) in [5.74, 6) is 2.13. The minimum Gasteiger partial charge on any atom is -0.381 e. The molecule has 0 N–H and O–H groups in total. The summed E-state index contributed by atoms with van der Waals surface area (Å²) in [5, 5.41) is 0. The zero-order valence-corrected chi connectivity index (χ0v) is 20.1. The first kappa shape index (κ1) is 21.8. The summed E-state index contributed by atoms with van der Waals surface area (Å²) in [7, 11) is 1.73. The first-order chi connectivity index (χ1) is 15.4. The summed E-state index contributed by atoms with van der Waals surface area (Å²) < 4.78 is 24.3. The van der Waals surface area contributed by atoms with Crippen molar-refractivity contribution in [1.29, 1.82) is 0 Å². The second-order valence-corrected chi connectivity index (χ2v) is 12.3. The smallest absolute Gasteiger partial charge is 0.155 e. The molecule has 6 aliphatic rings. The third-order valence-electron chi connectivity index (χ3n) is 11.5. The van der Waals surface area contributed by atoms with Crippen LogP contribution < -0.4 is 0 Å². The van der Waals surface area contributed by atoms with E-state index >= 15 is 0 Å². The molecule has 6 rings (SSSR count). The molecular weight excluding hydrogens is 404 g/mol. The van der Waals surface area contributed by atoms with Gasteiger partial charge in [-0.15, -0.1) is 0 Å². The molecule has 5 nitrogen and oxygen atoms in total. The summed E-state index contributed by atoms with van der Waals surface area (Å²) in [6.45, 7) is 8.84. The maximum Gasteiger partial charge on any atom is 0.155 e. The zero-order valence-electron chi connectivity index (χ0n) is 20.1. The van der Waals surface area contributed by atoms with Gasteiger partial charge in [-0.05, 0) is 79.6 Å². The molecule has 0 amide bonds. The van der Waals surface area contributed by atoms with E-state index in [4.69, 9.17) is 18.9 Å². The Kier molecular flexibility index (Phi) is 5.01. The summed E-state index contributed by atoms with van der Waals surface area (Å²) >= 11 is 0. The van der Waals surface area contributed by atoms with Crippen LogP contribution in [0.1, 0.15) is 65.2 Å². The number of ketones is 1. The predicted octanol–water partition coefficient (Wildman–Crippen LogP) is 4.54. The third-order valence-corrected chi connectivity index (χ3v) is 11.5. The van der Waals surface area contributed by atoms with Crippen molar-refractivity contribution in [1.82, 2.24) is 0 Å². The van der Waals surface area contributed by atoms with Gasteiger partial charge < -0.3 is 18.9 Å². The number of carbonyl (C=O) groups excluding carboxylic acids is 1. The van der Waals surface area contributed by atoms with E-state index in [1.807, 2.05) is 6.08 Å². The van der Waals surface area contributed by atoms with Crippen LogP contribution in [-0.2, 0) is 23.7 Å². The second-order valence-electron chi connectivity index (χ2n) is 12.3. The number of hydrogen-bond acceptors (Lipinski definition) is 5. The molecule has 4 aliphatic carbocycles. The van der Waals surface area contributed by atoms with Crippen molar-refractivity contribution in [2.45, 2.75) is 71.3 Å². The van der Waals surface area contributed by atoms with E-state index in [0.29, 0.717) is 36.8 Å². The molecular formula is C27H40O5. The molecule has 0 bridgehead atoms. The number of rotatable bonds is 3. The van der Waals surface area contributed by atoms with Crippen molar-refractivity contribution in [2.75, 3.05) is 40.3 Å². The van der Waals surface area contributed by atoms with Gasteiger partial charge in [0, 0.05) is 31.0 Å². The lowest BCUT2D eigenvalue weighted by atomic mass is 9.42. The maximum atomic E-state index is 12.3. The number of fused-ring (bicyclic) bond motifs is 7. The SMILES string of the molecule is COCOC1CC2(C)C(CCC23COCC32CCOC2)C2CCC3=CC(=O)CCC3(C)C12. The van der Waals surface area contributed by atoms with Crippen LogP contribution in [0.2, 0.25) is 0 Å². The van der Waals surface area contributed by atoms with Crippen molar-refractivity contribution >= 4 is 5.78 Å². The number of methoxy groups -OCH3 is 1. The van der Waals surface area contributed by atoms with E-state index in [9.17, 15) is 4.79 Å². The highest BCUT2D eigenvalue weighted by atomic mass is 16.7. The normalized spacial score (nSPS) is 52.2. The van der Waals surface area contributed by atoms with Gasteiger partial charge in [-0.1, -0.05) is 19.4 Å². The fourth-order valence-electron chi connectivity index (χ4n) is 10.0.